The summed E-state index contributed by atoms with van der Waals surface area (Å²) in [5.41, 5.74) is 0. The van der Waals surface area contributed by atoms with E-state index < -0.39 is 0 Å². The molecule has 0 unspecified atom stereocenters. The average Bonchev–Trinajstić information content (AvgIpc) is 1.83. The standard InChI is InChI=1S/C7H15N.2CH3.Ni/c1-4-7-8(5-2)6-3;;;/h2-7H2,1H3;2*1H3;/q-2;2*-1;. The van der Waals surface area contributed by atoms with Crippen molar-refractivity contribution in [3.8, 4) is 0 Å². The molecule has 0 saturated heterocycles. The van der Waals surface area contributed by atoms with E-state index in [2.05, 4.69) is 25.7 Å². The Balaban J connectivity index is -0.0000000817. The van der Waals surface area contributed by atoms with Gasteiger partial charge in [-0.3, -0.25) is 0 Å². The van der Waals surface area contributed by atoms with Crippen LogP contribution in [0.5, 0.6) is 0 Å². The monoisotopic (exact) mass is 201 g/mol. The third-order valence-electron chi connectivity index (χ3n) is 1.17. The maximum Gasteiger partial charge on any atom is 0 e. The van der Waals surface area contributed by atoms with Gasteiger partial charge in [0.25, 0.3) is 0 Å². The fourth-order valence-corrected chi connectivity index (χ4v) is 0.652. The molecule has 0 spiro atoms. The Morgan fingerprint density at radius 2 is 1.45 bits per heavy atom. The van der Waals surface area contributed by atoms with Gasteiger partial charge in [-0.2, -0.15) is 0 Å². The van der Waals surface area contributed by atoms with Crippen LogP contribution >= 0.6 is 0 Å². The minimum absolute atomic E-state index is 0. The molecule has 0 saturated carbocycles. The van der Waals surface area contributed by atoms with E-state index >= 15 is 0 Å². The molecule has 0 aliphatic rings. The minimum Gasteiger partial charge on any atom is -0.363 e. The molecule has 0 aliphatic heterocycles. The molecule has 0 aromatic rings. The summed E-state index contributed by atoms with van der Waals surface area (Å²) in [7, 11) is 0. The van der Waals surface area contributed by atoms with Gasteiger partial charge in [0.2, 0.25) is 0 Å². The van der Waals surface area contributed by atoms with Crippen molar-refractivity contribution in [2.45, 2.75) is 13.3 Å². The molecule has 0 rings (SSSR count). The molecule has 0 amide bonds. The van der Waals surface area contributed by atoms with Crippen molar-refractivity contribution in [2.24, 2.45) is 0 Å². The van der Waals surface area contributed by atoms with Gasteiger partial charge in [0.1, 0.15) is 0 Å². The maximum atomic E-state index is 3.76. The first-order chi connectivity index (χ1) is 3.85. The average molecular weight is 202 g/mol. The Labute approximate surface area is 83.5 Å². The van der Waals surface area contributed by atoms with Gasteiger partial charge in [-0.1, -0.05) is 6.92 Å². The Morgan fingerprint density at radius 1 is 1.09 bits per heavy atom. The molecule has 0 bridgehead atoms. The predicted molar refractivity (Wildman–Crippen MR) is 50.3 cm³/mol. The largest absolute Gasteiger partial charge is 0.363 e. The fourth-order valence-electron chi connectivity index (χ4n) is 0.652. The molecule has 0 N–H and O–H groups in total. The Hall–Kier alpha value is 0.454. The van der Waals surface area contributed by atoms with Crippen LogP contribution in [0, 0.1) is 28.7 Å². The van der Waals surface area contributed by atoms with Crippen LogP contribution in [0.1, 0.15) is 13.3 Å². The number of nitrogens with zero attached hydrogens (tertiary/aromatic N) is 1. The summed E-state index contributed by atoms with van der Waals surface area (Å²) in [4.78, 5) is 2.21. The van der Waals surface area contributed by atoms with Crippen LogP contribution in [0.15, 0.2) is 0 Å². The zero-order valence-corrected chi connectivity index (χ0v) is 8.99. The van der Waals surface area contributed by atoms with E-state index in [0.717, 1.165) is 19.6 Å². The number of rotatable bonds is 4. The number of hydrogen-bond acceptors (Lipinski definition) is 1. The molecule has 2 heteroatoms. The zero-order valence-electron chi connectivity index (χ0n) is 8.01. The van der Waals surface area contributed by atoms with Gasteiger partial charge < -0.3 is 33.6 Å². The van der Waals surface area contributed by atoms with Gasteiger partial charge in [0.15, 0.2) is 0 Å². The molecular formula is C9H21NNi-4. The van der Waals surface area contributed by atoms with E-state index in [-0.39, 0.29) is 31.3 Å². The fraction of sp³-hybridized carbons (Fsp3) is 0.556. The van der Waals surface area contributed by atoms with Crippen molar-refractivity contribution in [1.82, 2.24) is 4.90 Å². The van der Waals surface area contributed by atoms with Gasteiger partial charge in [0, 0.05) is 16.5 Å². The van der Waals surface area contributed by atoms with Crippen molar-refractivity contribution in [3.63, 3.8) is 0 Å². The normalized spacial score (nSPS) is 7.64. The molecule has 0 atom stereocenters. The Kier molecular flexibility index (Phi) is 34.4. The van der Waals surface area contributed by atoms with Crippen LogP contribution in [0.4, 0.5) is 0 Å². The molecular weight excluding hydrogens is 181 g/mol. The zero-order chi connectivity index (χ0) is 6.41. The smallest absolute Gasteiger partial charge is 0 e. The Bertz CT molecular complexity index is 44.8. The second-order valence-electron chi connectivity index (χ2n) is 1.84. The molecule has 0 radical (unpaired) electrons. The van der Waals surface area contributed by atoms with E-state index in [1.165, 1.54) is 6.42 Å². The quantitative estimate of drug-likeness (QED) is 0.499. The van der Waals surface area contributed by atoms with Gasteiger partial charge in [-0.15, -0.1) is 13.1 Å². The van der Waals surface area contributed by atoms with Crippen LogP contribution < -0.4 is 0 Å². The molecule has 11 heavy (non-hydrogen) atoms. The van der Waals surface area contributed by atoms with Gasteiger partial charge in [0.05, 0.1) is 0 Å². The van der Waals surface area contributed by atoms with Crippen molar-refractivity contribution < 1.29 is 16.5 Å². The minimum atomic E-state index is 0. The molecule has 76 valence electrons. The van der Waals surface area contributed by atoms with E-state index in [1.54, 1.807) is 0 Å². The van der Waals surface area contributed by atoms with Crippen molar-refractivity contribution in [2.75, 3.05) is 19.6 Å². The molecule has 1 nitrogen and oxygen atoms in total. The third kappa shape index (κ3) is 13.4. The van der Waals surface area contributed by atoms with Crippen LogP contribution in [0.3, 0.4) is 0 Å². The van der Waals surface area contributed by atoms with Crippen LogP contribution in [-0.2, 0) is 16.5 Å². The predicted octanol–water partition coefficient (Wildman–Crippen LogP) is 2.26. The second-order valence-corrected chi connectivity index (χ2v) is 1.84. The summed E-state index contributed by atoms with van der Waals surface area (Å²) >= 11 is 0. The Morgan fingerprint density at radius 3 is 1.55 bits per heavy atom. The van der Waals surface area contributed by atoms with Crippen LogP contribution in [0.2, 0.25) is 0 Å². The summed E-state index contributed by atoms with van der Waals surface area (Å²) in [5.74, 6) is 0. The topological polar surface area (TPSA) is 3.24 Å². The first kappa shape index (κ1) is 22.5. The van der Waals surface area contributed by atoms with Gasteiger partial charge in [-0.05, 0) is 13.0 Å². The summed E-state index contributed by atoms with van der Waals surface area (Å²) in [5, 5.41) is 0. The summed E-state index contributed by atoms with van der Waals surface area (Å²) in [6.45, 7) is 12.6. The van der Waals surface area contributed by atoms with Crippen LogP contribution in [0.25, 0.3) is 0 Å². The van der Waals surface area contributed by atoms with E-state index in [1.807, 2.05) is 0 Å². The van der Waals surface area contributed by atoms with Crippen molar-refractivity contribution in [3.05, 3.63) is 28.7 Å². The van der Waals surface area contributed by atoms with E-state index in [4.69, 9.17) is 0 Å². The molecule has 0 aromatic heterocycles. The van der Waals surface area contributed by atoms with Crippen molar-refractivity contribution in [1.29, 1.82) is 0 Å². The second kappa shape index (κ2) is 16.8. The van der Waals surface area contributed by atoms with E-state index in [0.29, 0.717) is 0 Å². The molecule has 0 heterocycles. The van der Waals surface area contributed by atoms with Gasteiger partial charge >= 0.3 is 0 Å². The van der Waals surface area contributed by atoms with Gasteiger partial charge in [-0.25, -0.2) is 0 Å². The summed E-state index contributed by atoms with van der Waals surface area (Å²) in [6.07, 6.45) is 1.20. The molecule has 0 fully saturated rings. The molecule has 0 aromatic carbocycles. The maximum absolute atomic E-state index is 3.76. The SMILES string of the molecule is [CH2-]CN(C[CH2-])CCC.[CH3-].[CH3-].[Ni]. The molecule has 0 aliphatic carbocycles. The number of hydrogen-bond donors (Lipinski definition) is 0. The third-order valence-corrected chi connectivity index (χ3v) is 1.17. The first-order valence-corrected chi connectivity index (χ1v) is 3.16. The van der Waals surface area contributed by atoms with Crippen molar-refractivity contribution >= 4 is 0 Å². The van der Waals surface area contributed by atoms with E-state index in [9.17, 15) is 0 Å². The summed E-state index contributed by atoms with van der Waals surface area (Å²) in [6, 6.07) is 0. The summed E-state index contributed by atoms with van der Waals surface area (Å²) < 4.78 is 0. The first-order valence-electron chi connectivity index (χ1n) is 3.16. The van der Waals surface area contributed by atoms with Crippen LogP contribution in [-0.4, -0.2) is 24.5 Å².